The molecule has 34 heavy (non-hydrogen) atoms. The number of amides is 2. The number of hydrazone groups is 1. The maximum atomic E-state index is 12.8. The Morgan fingerprint density at radius 1 is 0.971 bits per heavy atom. The lowest BCUT2D eigenvalue weighted by Gasteiger charge is -2.10. The van der Waals surface area contributed by atoms with E-state index in [9.17, 15) is 9.59 Å². The molecule has 3 aromatic carbocycles. The van der Waals surface area contributed by atoms with Crippen molar-refractivity contribution in [2.45, 2.75) is 13.3 Å². The highest BCUT2D eigenvalue weighted by Crippen LogP contribution is 2.15. The van der Waals surface area contributed by atoms with Crippen molar-refractivity contribution in [1.82, 2.24) is 10.7 Å². The lowest BCUT2D eigenvalue weighted by molar-refractivity contribution is -0.117. The fraction of sp³-hybridized carbons (Fsp3) is 0.111. The predicted molar refractivity (Wildman–Crippen MR) is 131 cm³/mol. The van der Waals surface area contributed by atoms with Gasteiger partial charge in [0.1, 0.15) is 11.4 Å². The molecule has 0 aromatic heterocycles. The summed E-state index contributed by atoms with van der Waals surface area (Å²) in [4.78, 5) is 25.5. The first-order valence-electron chi connectivity index (χ1n) is 10.7. The van der Waals surface area contributed by atoms with Crippen molar-refractivity contribution in [2.75, 3.05) is 6.61 Å². The molecule has 0 aliphatic heterocycles. The number of ether oxygens (including phenoxy) is 1. The van der Waals surface area contributed by atoms with E-state index < -0.39 is 11.8 Å². The number of carbonyl (C=O) groups is 2. The third-order valence-electron chi connectivity index (χ3n) is 4.61. The SMILES string of the molecule is CCCOc1ccc(/C=C(/NC(=O)c2ccccc2)C(=O)N/N=C/c2ccc(C#N)cc2)cc1. The Bertz CT molecular complexity index is 1210. The lowest BCUT2D eigenvalue weighted by Crippen LogP contribution is -2.32. The van der Waals surface area contributed by atoms with E-state index in [1.54, 1.807) is 84.9 Å². The van der Waals surface area contributed by atoms with Crippen LogP contribution in [0, 0.1) is 11.3 Å². The summed E-state index contributed by atoms with van der Waals surface area (Å²) >= 11 is 0. The number of nitrogens with zero attached hydrogens (tertiary/aromatic N) is 2. The summed E-state index contributed by atoms with van der Waals surface area (Å²) in [7, 11) is 0. The molecule has 0 radical (unpaired) electrons. The summed E-state index contributed by atoms with van der Waals surface area (Å²) in [5.41, 5.74) is 4.84. The van der Waals surface area contributed by atoms with Gasteiger partial charge in [0.25, 0.3) is 11.8 Å². The Morgan fingerprint density at radius 2 is 1.65 bits per heavy atom. The minimum Gasteiger partial charge on any atom is -0.494 e. The van der Waals surface area contributed by atoms with E-state index in [1.165, 1.54) is 6.21 Å². The normalized spacial score (nSPS) is 11.0. The molecule has 7 heteroatoms. The van der Waals surface area contributed by atoms with Gasteiger partial charge in [-0.25, -0.2) is 5.43 Å². The molecule has 0 aliphatic carbocycles. The number of nitrogens with one attached hydrogen (secondary N) is 2. The quantitative estimate of drug-likeness (QED) is 0.287. The van der Waals surface area contributed by atoms with Crippen LogP contribution in [0.2, 0.25) is 0 Å². The van der Waals surface area contributed by atoms with E-state index in [-0.39, 0.29) is 5.70 Å². The van der Waals surface area contributed by atoms with E-state index >= 15 is 0 Å². The molecule has 2 N–H and O–H groups in total. The van der Waals surface area contributed by atoms with Crippen molar-refractivity contribution in [2.24, 2.45) is 5.10 Å². The standard InChI is InChI=1S/C27H24N4O3/c1-2-16-34-24-14-12-20(13-15-24)17-25(30-26(32)23-6-4-3-5-7-23)27(33)31-29-19-22-10-8-21(18-28)9-11-22/h3-15,17,19H,2,16H2,1H3,(H,30,32)(H,31,33)/b25-17+,29-19+. The first kappa shape index (κ1) is 24.0. The largest absolute Gasteiger partial charge is 0.494 e. The Hall–Kier alpha value is -4.70. The van der Waals surface area contributed by atoms with E-state index in [2.05, 4.69) is 15.8 Å². The van der Waals surface area contributed by atoms with Gasteiger partial charge in [0.05, 0.1) is 24.5 Å². The summed E-state index contributed by atoms with van der Waals surface area (Å²) in [5.74, 6) is -0.271. The van der Waals surface area contributed by atoms with Gasteiger partial charge in [0, 0.05) is 5.56 Å². The summed E-state index contributed by atoms with van der Waals surface area (Å²) in [6, 6.07) is 24.6. The number of hydrogen-bond donors (Lipinski definition) is 2. The second kappa shape index (κ2) is 12.4. The fourth-order valence-corrected chi connectivity index (χ4v) is 2.86. The van der Waals surface area contributed by atoms with Crippen LogP contribution in [0.1, 0.15) is 40.4 Å². The van der Waals surface area contributed by atoms with E-state index in [1.807, 2.05) is 13.0 Å². The highest BCUT2D eigenvalue weighted by molar-refractivity contribution is 6.05. The molecular weight excluding hydrogens is 428 g/mol. The van der Waals surface area contributed by atoms with Crippen molar-refractivity contribution >= 4 is 24.1 Å². The van der Waals surface area contributed by atoms with Crippen LogP contribution < -0.4 is 15.5 Å². The Morgan fingerprint density at radius 3 is 2.29 bits per heavy atom. The smallest absolute Gasteiger partial charge is 0.287 e. The zero-order valence-corrected chi connectivity index (χ0v) is 18.7. The van der Waals surface area contributed by atoms with Crippen LogP contribution in [0.3, 0.4) is 0 Å². The molecule has 2 amide bonds. The van der Waals surface area contributed by atoms with Gasteiger partial charge >= 0.3 is 0 Å². The summed E-state index contributed by atoms with van der Waals surface area (Å²) in [5, 5.41) is 15.5. The topological polar surface area (TPSA) is 104 Å². The van der Waals surface area contributed by atoms with E-state index in [0.29, 0.717) is 28.9 Å². The zero-order chi connectivity index (χ0) is 24.2. The van der Waals surface area contributed by atoms with Crippen molar-refractivity contribution in [3.8, 4) is 11.8 Å². The molecule has 170 valence electrons. The molecule has 0 aliphatic rings. The van der Waals surface area contributed by atoms with Crippen LogP contribution in [-0.2, 0) is 4.79 Å². The average molecular weight is 453 g/mol. The molecule has 0 unspecified atom stereocenters. The van der Waals surface area contributed by atoms with Crippen LogP contribution in [0.15, 0.2) is 89.7 Å². The average Bonchev–Trinajstić information content (AvgIpc) is 2.88. The number of hydrogen-bond acceptors (Lipinski definition) is 5. The number of nitriles is 1. The van der Waals surface area contributed by atoms with Crippen molar-refractivity contribution in [3.05, 3.63) is 107 Å². The van der Waals surface area contributed by atoms with Crippen molar-refractivity contribution in [3.63, 3.8) is 0 Å². The fourth-order valence-electron chi connectivity index (χ4n) is 2.86. The van der Waals surface area contributed by atoms with Crippen LogP contribution in [0.5, 0.6) is 5.75 Å². The van der Waals surface area contributed by atoms with Crippen LogP contribution in [0.4, 0.5) is 0 Å². The number of rotatable bonds is 9. The number of benzene rings is 3. The summed E-state index contributed by atoms with van der Waals surface area (Å²) in [6.07, 6.45) is 3.92. The minimum absolute atomic E-state index is 0.0352. The maximum absolute atomic E-state index is 12.8. The highest BCUT2D eigenvalue weighted by Gasteiger charge is 2.14. The molecule has 0 saturated carbocycles. The zero-order valence-electron chi connectivity index (χ0n) is 18.7. The first-order valence-corrected chi connectivity index (χ1v) is 10.7. The molecule has 0 spiro atoms. The Labute approximate surface area is 198 Å². The molecule has 3 aromatic rings. The van der Waals surface area contributed by atoms with Crippen molar-refractivity contribution < 1.29 is 14.3 Å². The van der Waals surface area contributed by atoms with Gasteiger partial charge in [-0.05, 0) is 60.0 Å². The van der Waals surface area contributed by atoms with Gasteiger partial charge in [-0.15, -0.1) is 0 Å². The summed E-state index contributed by atoms with van der Waals surface area (Å²) in [6.45, 7) is 2.65. The molecule has 0 saturated heterocycles. The predicted octanol–water partition coefficient (Wildman–Crippen LogP) is 4.27. The molecule has 7 nitrogen and oxygen atoms in total. The monoisotopic (exact) mass is 452 g/mol. The second-order valence-corrected chi connectivity index (χ2v) is 7.23. The summed E-state index contributed by atoms with van der Waals surface area (Å²) < 4.78 is 5.59. The lowest BCUT2D eigenvalue weighted by atomic mass is 10.1. The van der Waals surface area contributed by atoms with Crippen molar-refractivity contribution in [1.29, 1.82) is 5.26 Å². The Balaban J connectivity index is 1.77. The molecule has 3 rings (SSSR count). The van der Waals surface area contributed by atoms with Gasteiger partial charge in [0.15, 0.2) is 0 Å². The molecule has 0 bridgehead atoms. The van der Waals surface area contributed by atoms with E-state index in [4.69, 9.17) is 10.00 Å². The highest BCUT2D eigenvalue weighted by atomic mass is 16.5. The van der Waals surface area contributed by atoms with E-state index in [0.717, 1.165) is 12.2 Å². The molecule has 0 fully saturated rings. The van der Waals surface area contributed by atoms with Gasteiger partial charge < -0.3 is 10.1 Å². The molecule has 0 atom stereocenters. The number of carbonyl (C=O) groups excluding carboxylic acids is 2. The van der Waals surface area contributed by atoms with Gasteiger partial charge in [-0.2, -0.15) is 10.4 Å². The first-order chi connectivity index (χ1) is 16.6. The van der Waals surface area contributed by atoms with Gasteiger partial charge in [-0.3, -0.25) is 9.59 Å². The third-order valence-corrected chi connectivity index (χ3v) is 4.61. The maximum Gasteiger partial charge on any atom is 0.287 e. The third kappa shape index (κ3) is 7.18. The van der Waals surface area contributed by atoms with Crippen LogP contribution >= 0.6 is 0 Å². The van der Waals surface area contributed by atoms with Gasteiger partial charge in [-0.1, -0.05) is 49.4 Å². The molecule has 0 heterocycles. The molecular formula is C27H24N4O3. The second-order valence-electron chi connectivity index (χ2n) is 7.23. The Kier molecular flexibility index (Phi) is 8.71. The van der Waals surface area contributed by atoms with Gasteiger partial charge in [0.2, 0.25) is 0 Å². The minimum atomic E-state index is -0.583. The van der Waals surface area contributed by atoms with Crippen LogP contribution in [-0.4, -0.2) is 24.6 Å². The van der Waals surface area contributed by atoms with Crippen LogP contribution in [0.25, 0.3) is 6.08 Å².